The van der Waals surface area contributed by atoms with Gasteiger partial charge in [0.25, 0.3) is 0 Å². The summed E-state index contributed by atoms with van der Waals surface area (Å²) in [5, 5.41) is 2.89. The van der Waals surface area contributed by atoms with Crippen molar-refractivity contribution in [1.29, 1.82) is 0 Å². The van der Waals surface area contributed by atoms with Crippen LogP contribution in [0.3, 0.4) is 0 Å². The largest absolute Gasteiger partial charge is 0.355 e. The molecule has 2 aliphatic rings. The number of fused-ring (bicyclic) bond motifs is 1. The first kappa shape index (κ1) is 17.3. The van der Waals surface area contributed by atoms with Gasteiger partial charge in [0.2, 0.25) is 11.8 Å². The molecule has 0 bridgehead atoms. The predicted molar refractivity (Wildman–Crippen MR) is 88.3 cm³/mol. The topological polar surface area (TPSA) is 49.4 Å². The van der Waals surface area contributed by atoms with Crippen LogP contribution >= 0.6 is 0 Å². The standard InChI is InChI=1S/C18H32N2O2/c1-13-10-12-20(15-8-6-5-7-14(13)15)16(21)9-11-19-17(22)18(2,3)4/h13-15H,5-12H2,1-4H3,(H,19,22)/t13-,14+,15+/m1/s1. The maximum absolute atomic E-state index is 12.6. The van der Waals surface area contributed by atoms with Gasteiger partial charge in [-0.1, -0.05) is 40.5 Å². The van der Waals surface area contributed by atoms with E-state index in [1.165, 1.54) is 19.3 Å². The van der Waals surface area contributed by atoms with E-state index in [1.807, 2.05) is 20.8 Å². The third kappa shape index (κ3) is 4.02. The maximum atomic E-state index is 12.6. The number of hydrogen-bond donors (Lipinski definition) is 1. The van der Waals surface area contributed by atoms with E-state index >= 15 is 0 Å². The smallest absolute Gasteiger partial charge is 0.225 e. The van der Waals surface area contributed by atoms with Crippen molar-refractivity contribution in [3.05, 3.63) is 0 Å². The summed E-state index contributed by atoms with van der Waals surface area (Å²) in [5.41, 5.74) is -0.391. The lowest BCUT2D eigenvalue weighted by molar-refractivity contribution is -0.139. The summed E-state index contributed by atoms with van der Waals surface area (Å²) in [6, 6.07) is 0.448. The Bertz CT molecular complexity index is 414. The zero-order valence-corrected chi connectivity index (χ0v) is 14.7. The molecular weight excluding hydrogens is 276 g/mol. The van der Waals surface area contributed by atoms with E-state index in [2.05, 4.69) is 17.1 Å². The van der Waals surface area contributed by atoms with Gasteiger partial charge in [0, 0.05) is 31.0 Å². The molecule has 2 rings (SSSR count). The molecular formula is C18H32N2O2. The van der Waals surface area contributed by atoms with Gasteiger partial charge in [0.15, 0.2) is 0 Å². The summed E-state index contributed by atoms with van der Waals surface area (Å²) >= 11 is 0. The van der Waals surface area contributed by atoms with Crippen LogP contribution in [-0.2, 0) is 9.59 Å². The number of rotatable bonds is 3. The number of carbonyl (C=O) groups is 2. The second kappa shape index (κ2) is 7.01. The van der Waals surface area contributed by atoms with Gasteiger partial charge in [-0.3, -0.25) is 9.59 Å². The van der Waals surface area contributed by atoms with Gasteiger partial charge in [-0.15, -0.1) is 0 Å². The molecule has 1 saturated carbocycles. The Morgan fingerprint density at radius 1 is 1.14 bits per heavy atom. The van der Waals surface area contributed by atoms with Crippen LogP contribution in [0.2, 0.25) is 0 Å². The first-order valence-corrected chi connectivity index (χ1v) is 8.88. The van der Waals surface area contributed by atoms with Gasteiger partial charge in [-0.25, -0.2) is 0 Å². The second-order valence-corrected chi connectivity index (χ2v) is 8.12. The van der Waals surface area contributed by atoms with Gasteiger partial charge < -0.3 is 10.2 Å². The van der Waals surface area contributed by atoms with Crippen molar-refractivity contribution < 1.29 is 9.59 Å². The summed E-state index contributed by atoms with van der Waals surface area (Å²) in [6.07, 6.45) is 6.56. The molecule has 22 heavy (non-hydrogen) atoms. The molecule has 2 fully saturated rings. The predicted octanol–water partition coefficient (Wildman–Crippen LogP) is 2.97. The zero-order valence-electron chi connectivity index (χ0n) is 14.7. The molecule has 1 saturated heterocycles. The SMILES string of the molecule is C[C@@H]1CCN(C(=O)CCNC(=O)C(C)(C)C)[C@H]2CCCC[C@@H]12. The molecule has 0 aromatic rings. The van der Waals surface area contributed by atoms with Gasteiger partial charge in [0.05, 0.1) is 0 Å². The van der Waals surface area contributed by atoms with Crippen molar-refractivity contribution in [2.75, 3.05) is 13.1 Å². The van der Waals surface area contributed by atoms with E-state index in [-0.39, 0.29) is 11.8 Å². The minimum absolute atomic E-state index is 0.0168. The molecule has 2 amide bonds. The number of carbonyl (C=O) groups excluding carboxylic acids is 2. The summed E-state index contributed by atoms with van der Waals surface area (Å²) < 4.78 is 0. The molecule has 3 atom stereocenters. The minimum atomic E-state index is -0.391. The average Bonchev–Trinajstić information content (AvgIpc) is 2.46. The number of likely N-dealkylation sites (tertiary alicyclic amines) is 1. The van der Waals surface area contributed by atoms with Crippen molar-refractivity contribution in [2.45, 2.75) is 72.3 Å². The van der Waals surface area contributed by atoms with Gasteiger partial charge in [0.1, 0.15) is 0 Å². The van der Waals surface area contributed by atoms with E-state index in [0.717, 1.165) is 25.3 Å². The first-order chi connectivity index (χ1) is 10.3. The molecule has 126 valence electrons. The van der Waals surface area contributed by atoms with E-state index < -0.39 is 5.41 Å². The Morgan fingerprint density at radius 2 is 1.82 bits per heavy atom. The average molecular weight is 308 g/mol. The highest BCUT2D eigenvalue weighted by Gasteiger charge is 2.39. The molecule has 0 spiro atoms. The summed E-state index contributed by atoms with van der Waals surface area (Å²) in [4.78, 5) is 26.5. The van der Waals surface area contributed by atoms with Crippen molar-refractivity contribution in [3.63, 3.8) is 0 Å². The molecule has 0 aromatic heterocycles. The third-order valence-corrected chi connectivity index (χ3v) is 5.36. The van der Waals surface area contributed by atoms with Crippen LogP contribution in [0.4, 0.5) is 0 Å². The van der Waals surface area contributed by atoms with E-state index in [1.54, 1.807) is 0 Å². The highest BCUT2D eigenvalue weighted by atomic mass is 16.2. The molecule has 0 unspecified atom stereocenters. The van der Waals surface area contributed by atoms with E-state index in [0.29, 0.717) is 24.9 Å². The molecule has 4 nitrogen and oxygen atoms in total. The summed E-state index contributed by atoms with van der Waals surface area (Å²) in [6.45, 7) is 9.37. The zero-order chi connectivity index (χ0) is 16.3. The van der Waals surface area contributed by atoms with Crippen LogP contribution < -0.4 is 5.32 Å². The Labute approximate surface area is 135 Å². The number of piperidine rings is 1. The molecule has 0 aromatic carbocycles. The fourth-order valence-corrected chi connectivity index (χ4v) is 3.91. The number of amides is 2. The lowest BCUT2D eigenvalue weighted by atomic mass is 9.72. The van der Waals surface area contributed by atoms with Crippen LogP contribution in [0.25, 0.3) is 0 Å². The molecule has 0 radical (unpaired) electrons. The Morgan fingerprint density at radius 3 is 2.50 bits per heavy atom. The molecule has 1 heterocycles. The van der Waals surface area contributed by atoms with Crippen LogP contribution in [0.15, 0.2) is 0 Å². The van der Waals surface area contributed by atoms with E-state index in [4.69, 9.17) is 0 Å². The van der Waals surface area contributed by atoms with E-state index in [9.17, 15) is 9.59 Å². The fourth-order valence-electron chi connectivity index (χ4n) is 3.91. The summed E-state index contributed by atoms with van der Waals surface area (Å²) in [5.74, 6) is 1.67. The molecule has 1 aliphatic heterocycles. The van der Waals surface area contributed by atoms with Crippen LogP contribution in [-0.4, -0.2) is 35.8 Å². The van der Waals surface area contributed by atoms with Gasteiger partial charge in [-0.2, -0.15) is 0 Å². The van der Waals surface area contributed by atoms with Crippen molar-refractivity contribution in [1.82, 2.24) is 10.2 Å². The molecule has 1 N–H and O–H groups in total. The minimum Gasteiger partial charge on any atom is -0.355 e. The van der Waals surface area contributed by atoms with Crippen molar-refractivity contribution in [2.24, 2.45) is 17.3 Å². The Balaban J connectivity index is 1.85. The lowest BCUT2D eigenvalue weighted by Crippen LogP contribution is -2.52. The molecule has 1 aliphatic carbocycles. The monoisotopic (exact) mass is 308 g/mol. The number of nitrogens with one attached hydrogen (secondary N) is 1. The number of hydrogen-bond acceptors (Lipinski definition) is 2. The summed E-state index contributed by atoms with van der Waals surface area (Å²) in [7, 11) is 0. The lowest BCUT2D eigenvalue weighted by Gasteiger charge is -2.47. The van der Waals surface area contributed by atoms with Crippen molar-refractivity contribution >= 4 is 11.8 Å². The third-order valence-electron chi connectivity index (χ3n) is 5.36. The Kier molecular flexibility index (Phi) is 5.51. The van der Waals surface area contributed by atoms with Crippen LogP contribution in [0.1, 0.15) is 66.2 Å². The second-order valence-electron chi connectivity index (χ2n) is 8.12. The highest BCUT2D eigenvalue weighted by Crippen LogP contribution is 2.38. The van der Waals surface area contributed by atoms with Gasteiger partial charge in [-0.05, 0) is 31.1 Å². The fraction of sp³-hybridized carbons (Fsp3) is 0.889. The van der Waals surface area contributed by atoms with Crippen LogP contribution in [0.5, 0.6) is 0 Å². The number of nitrogens with zero attached hydrogens (tertiary/aromatic N) is 1. The first-order valence-electron chi connectivity index (χ1n) is 8.88. The van der Waals surface area contributed by atoms with Crippen LogP contribution in [0, 0.1) is 17.3 Å². The molecule has 4 heteroatoms. The maximum Gasteiger partial charge on any atom is 0.225 e. The Hall–Kier alpha value is -1.06. The van der Waals surface area contributed by atoms with Crippen molar-refractivity contribution in [3.8, 4) is 0 Å². The van der Waals surface area contributed by atoms with Gasteiger partial charge >= 0.3 is 0 Å². The quantitative estimate of drug-likeness (QED) is 0.871. The normalized spacial score (nSPS) is 28.9. The highest BCUT2D eigenvalue weighted by molar-refractivity contribution is 5.82.